The van der Waals surface area contributed by atoms with Gasteiger partial charge in [0.2, 0.25) is 0 Å². The van der Waals surface area contributed by atoms with Gasteiger partial charge in [-0.3, -0.25) is 0 Å². The molecule has 6 nitrogen and oxygen atoms in total. The molecule has 0 bridgehead atoms. The zero-order chi connectivity index (χ0) is 16.1. The number of hydrogen-bond acceptors (Lipinski definition) is 6. The Morgan fingerprint density at radius 2 is 2.09 bits per heavy atom. The van der Waals surface area contributed by atoms with Crippen LogP contribution in [0.25, 0.3) is 5.57 Å². The van der Waals surface area contributed by atoms with Crippen LogP contribution in [0.2, 0.25) is 0 Å². The Bertz CT molecular complexity index is 709. The topological polar surface area (TPSA) is 108 Å². The van der Waals surface area contributed by atoms with Gasteiger partial charge in [0.25, 0.3) is 0 Å². The molecule has 0 radical (unpaired) electrons. The molecule has 2 unspecified atom stereocenters. The summed E-state index contributed by atoms with van der Waals surface area (Å²) in [5.41, 5.74) is 16.7. The molecule has 0 aliphatic carbocycles. The molecule has 2 heterocycles. The van der Waals surface area contributed by atoms with E-state index in [-0.39, 0.29) is 12.0 Å². The van der Waals surface area contributed by atoms with Crippen LogP contribution in [0.3, 0.4) is 0 Å². The van der Waals surface area contributed by atoms with Crippen LogP contribution in [0, 0.1) is 0 Å². The number of nitrogens with zero attached hydrogens (tertiary/aromatic N) is 2. The molecule has 2 atom stereocenters. The van der Waals surface area contributed by atoms with Crippen molar-refractivity contribution < 1.29 is 10.2 Å². The lowest BCUT2D eigenvalue weighted by Crippen LogP contribution is -2.44. The molecule has 1 aromatic carbocycles. The number of hydrogen-bond donors (Lipinski definition) is 4. The standard InChI is InChI=1S/C16H20N4O2/c1-16(2,22)8-20-12-6-4-3-5-9(12)10-7-11(14(18)21)13(17)19-15(10)20/h3-6,14-15,21-22H,8,18H2,1-2H3,(H2,17,19). The van der Waals surface area contributed by atoms with E-state index in [1.54, 1.807) is 13.8 Å². The van der Waals surface area contributed by atoms with Crippen molar-refractivity contribution in [1.82, 2.24) is 0 Å². The summed E-state index contributed by atoms with van der Waals surface area (Å²) >= 11 is 0. The lowest BCUT2D eigenvalue weighted by atomic mass is 10.0. The van der Waals surface area contributed by atoms with Crippen LogP contribution >= 0.6 is 0 Å². The fourth-order valence-electron chi connectivity index (χ4n) is 2.87. The average Bonchev–Trinajstić information content (AvgIpc) is 2.70. The molecule has 6 N–H and O–H groups in total. The van der Waals surface area contributed by atoms with Crippen LogP contribution in [0.15, 0.2) is 40.6 Å². The molecule has 0 amide bonds. The first-order chi connectivity index (χ1) is 10.3. The normalized spacial score (nSPS) is 21.6. The Balaban J connectivity index is 2.17. The van der Waals surface area contributed by atoms with Gasteiger partial charge in [-0.15, -0.1) is 5.73 Å². The summed E-state index contributed by atoms with van der Waals surface area (Å²) in [4.78, 5) is 6.45. The molecule has 0 saturated heterocycles. The predicted octanol–water partition coefficient (Wildman–Crippen LogP) is 0.160. The summed E-state index contributed by atoms with van der Waals surface area (Å²) in [6.45, 7) is 3.90. The van der Waals surface area contributed by atoms with Gasteiger partial charge in [-0.05, 0) is 19.9 Å². The van der Waals surface area contributed by atoms with Crippen LogP contribution in [0.5, 0.6) is 0 Å². The molecule has 0 aromatic heterocycles. The first-order valence-electron chi connectivity index (χ1n) is 7.14. The number of nitrogens with two attached hydrogens (primary N) is 2. The van der Waals surface area contributed by atoms with Gasteiger partial charge in [0.05, 0.1) is 11.2 Å². The molecule has 6 heteroatoms. The molecular formula is C16H20N4O2. The Hall–Kier alpha value is -2.11. The van der Waals surface area contributed by atoms with Gasteiger partial charge >= 0.3 is 0 Å². The number of β-amino-alcohol motifs (C(OH)–C–C–N with tert-alkyl or cyclic N) is 1. The maximum absolute atomic E-state index is 10.2. The van der Waals surface area contributed by atoms with E-state index in [1.807, 2.05) is 29.2 Å². The second kappa shape index (κ2) is 4.97. The number of anilines is 1. The van der Waals surface area contributed by atoms with E-state index in [1.165, 1.54) is 0 Å². The monoisotopic (exact) mass is 300 g/mol. The molecule has 22 heavy (non-hydrogen) atoms. The van der Waals surface area contributed by atoms with Gasteiger partial charge in [-0.2, -0.15) is 0 Å². The van der Waals surface area contributed by atoms with Gasteiger partial charge in [0, 0.05) is 23.4 Å². The number of aliphatic hydroxyl groups excluding tert-OH is 1. The lowest BCUT2D eigenvalue weighted by molar-refractivity contribution is 0.0867. The third kappa shape index (κ3) is 2.42. The smallest absolute Gasteiger partial charge is 0.157 e. The van der Waals surface area contributed by atoms with Crippen molar-refractivity contribution in [3.63, 3.8) is 0 Å². The van der Waals surface area contributed by atoms with Crippen molar-refractivity contribution in [2.75, 3.05) is 11.4 Å². The summed E-state index contributed by atoms with van der Waals surface area (Å²) in [6, 6.07) is 7.80. The van der Waals surface area contributed by atoms with Crippen molar-refractivity contribution in [1.29, 1.82) is 0 Å². The molecular weight excluding hydrogens is 280 g/mol. The Kier molecular flexibility index (Phi) is 3.34. The van der Waals surface area contributed by atoms with Gasteiger partial charge < -0.3 is 26.6 Å². The Morgan fingerprint density at radius 1 is 1.41 bits per heavy atom. The second-order valence-corrected chi connectivity index (χ2v) is 6.24. The van der Waals surface area contributed by atoms with Crippen LogP contribution in [0.1, 0.15) is 19.4 Å². The van der Waals surface area contributed by atoms with Crippen molar-refractivity contribution in [3.8, 4) is 0 Å². The fourth-order valence-corrected chi connectivity index (χ4v) is 2.87. The highest BCUT2D eigenvalue weighted by atomic mass is 16.3. The highest BCUT2D eigenvalue weighted by Crippen LogP contribution is 2.42. The average molecular weight is 300 g/mol. The van der Waals surface area contributed by atoms with Crippen LogP contribution in [-0.4, -0.2) is 40.6 Å². The third-order valence-electron chi connectivity index (χ3n) is 3.72. The summed E-state index contributed by atoms with van der Waals surface area (Å²) in [5.74, 6) is 0.178. The largest absolute Gasteiger partial charge is 0.389 e. The van der Waals surface area contributed by atoms with Gasteiger partial charge in [0.15, 0.2) is 6.17 Å². The van der Waals surface area contributed by atoms with E-state index in [4.69, 9.17) is 11.5 Å². The summed E-state index contributed by atoms with van der Waals surface area (Å²) in [6.07, 6.45) is -1.57. The van der Waals surface area contributed by atoms with Crippen LogP contribution < -0.4 is 16.4 Å². The number of rotatable bonds is 3. The number of fused-ring (bicyclic) bond motifs is 3. The number of amidine groups is 1. The van der Waals surface area contributed by atoms with E-state index in [9.17, 15) is 10.2 Å². The zero-order valence-electron chi connectivity index (χ0n) is 12.6. The first-order valence-corrected chi connectivity index (χ1v) is 7.14. The molecule has 116 valence electrons. The molecule has 2 aliphatic rings. The summed E-state index contributed by atoms with van der Waals surface area (Å²) in [7, 11) is 0. The number of para-hydroxylation sites is 1. The first kappa shape index (κ1) is 14.8. The van der Waals surface area contributed by atoms with E-state index in [0.717, 1.165) is 16.8 Å². The highest BCUT2D eigenvalue weighted by molar-refractivity contribution is 6.03. The van der Waals surface area contributed by atoms with Crippen molar-refractivity contribution in [2.24, 2.45) is 16.5 Å². The maximum atomic E-state index is 10.2. The van der Waals surface area contributed by atoms with Crippen molar-refractivity contribution in [3.05, 3.63) is 41.1 Å². The molecule has 1 aromatic rings. The second-order valence-electron chi connectivity index (χ2n) is 6.24. The van der Waals surface area contributed by atoms with Gasteiger partial charge in [-0.25, -0.2) is 4.99 Å². The maximum Gasteiger partial charge on any atom is 0.157 e. The van der Waals surface area contributed by atoms with E-state index in [2.05, 4.69) is 10.7 Å². The Labute approximate surface area is 129 Å². The minimum Gasteiger partial charge on any atom is -0.389 e. The molecule has 0 fully saturated rings. The van der Waals surface area contributed by atoms with Gasteiger partial charge in [-0.1, -0.05) is 18.2 Å². The molecule has 0 spiro atoms. The summed E-state index contributed by atoms with van der Waals surface area (Å²) in [5, 5.41) is 19.8. The van der Waals surface area contributed by atoms with Crippen molar-refractivity contribution >= 4 is 17.1 Å². The lowest BCUT2D eigenvalue weighted by Gasteiger charge is -2.31. The zero-order valence-corrected chi connectivity index (χ0v) is 12.6. The van der Waals surface area contributed by atoms with E-state index in [0.29, 0.717) is 12.1 Å². The van der Waals surface area contributed by atoms with E-state index < -0.39 is 11.8 Å². The molecule has 3 rings (SSSR count). The Morgan fingerprint density at radius 3 is 2.73 bits per heavy atom. The molecule has 2 aliphatic heterocycles. The SMILES string of the molecule is CC(C)(O)CN1c2ccccc2C2=C=C(C(N)O)C(N)=NC21. The minimum atomic E-state index is -1.22. The third-order valence-corrected chi connectivity index (χ3v) is 3.72. The van der Waals surface area contributed by atoms with Crippen molar-refractivity contribution in [2.45, 2.75) is 31.8 Å². The van der Waals surface area contributed by atoms with Crippen LogP contribution in [-0.2, 0) is 0 Å². The van der Waals surface area contributed by atoms with Gasteiger partial charge in [0.1, 0.15) is 12.1 Å². The molecule has 0 saturated carbocycles. The quantitative estimate of drug-likeness (QED) is 0.470. The number of aliphatic imine (C=N–C) groups is 1. The minimum absolute atomic E-state index is 0.178. The number of benzene rings is 1. The van der Waals surface area contributed by atoms with Crippen LogP contribution in [0.4, 0.5) is 5.69 Å². The van der Waals surface area contributed by atoms with E-state index >= 15 is 0 Å². The number of aliphatic hydroxyl groups is 2. The summed E-state index contributed by atoms with van der Waals surface area (Å²) < 4.78 is 0. The highest BCUT2D eigenvalue weighted by Gasteiger charge is 2.38. The fraction of sp³-hybridized carbons (Fsp3) is 0.375. The predicted molar refractivity (Wildman–Crippen MR) is 86.1 cm³/mol.